The van der Waals surface area contributed by atoms with Crippen LogP contribution in [0.5, 0.6) is 0 Å². The minimum atomic E-state index is -3.68. The number of sulfonamides is 2. The Bertz CT molecular complexity index is 890. The zero-order chi connectivity index (χ0) is 18.9. The van der Waals surface area contributed by atoms with Crippen LogP contribution >= 0.6 is 0 Å². The van der Waals surface area contributed by atoms with E-state index in [1.54, 1.807) is 24.0 Å². The van der Waals surface area contributed by atoms with Gasteiger partial charge in [-0.05, 0) is 43.5 Å². The lowest BCUT2D eigenvalue weighted by molar-refractivity contribution is -0.119. The molecule has 0 unspecified atom stereocenters. The van der Waals surface area contributed by atoms with Crippen molar-refractivity contribution >= 4 is 32.1 Å². The van der Waals surface area contributed by atoms with E-state index in [0.717, 1.165) is 12.8 Å². The first-order valence-electron chi connectivity index (χ1n) is 8.56. The third kappa shape index (κ3) is 3.58. The van der Waals surface area contributed by atoms with Crippen LogP contribution in [-0.2, 0) is 24.8 Å². The number of nitrogens with zero attached hydrogens (tertiary/aromatic N) is 3. The molecule has 0 radical (unpaired) electrons. The summed E-state index contributed by atoms with van der Waals surface area (Å²) in [7, 11) is -7.01. The predicted molar refractivity (Wildman–Crippen MR) is 97.9 cm³/mol. The molecule has 0 N–H and O–H groups in total. The van der Waals surface area contributed by atoms with Gasteiger partial charge in [0.2, 0.25) is 26.5 Å². The number of benzene rings is 1. The molecular weight excluding hydrogens is 378 g/mol. The molecule has 2 aliphatic heterocycles. The number of hydrogen-bond donors (Lipinski definition) is 0. The quantitative estimate of drug-likeness (QED) is 0.680. The van der Waals surface area contributed by atoms with Crippen molar-refractivity contribution in [3.63, 3.8) is 0 Å². The second-order valence-electron chi connectivity index (χ2n) is 6.59. The van der Waals surface area contributed by atoms with Gasteiger partial charge in [-0.1, -0.05) is 0 Å². The van der Waals surface area contributed by atoms with Gasteiger partial charge in [0.05, 0.1) is 16.3 Å². The molecule has 0 aromatic heterocycles. The summed E-state index contributed by atoms with van der Waals surface area (Å²) in [6.07, 6.45) is 2.17. The SMILES string of the molecule is Cc1cc(N2CCCCS2(=O)=O)ccc1S(=O)(=O)N1CCN(C=O)CC1. The van der Waals surface area contributed by atoms with Crippen LogP contribution in [0.1, 0.15) is 18.4 Å². The third-order valence-corrected chi connectivity index (χ3v) is 8.76. The van der Waals surface area contributed by atoms with Crippen molar-refractivity contribution in [2.75, 3.05) is 42.8 Å². The van der Waals surface area contributed by atoms with Crippen molar-refractivity contribution in [3.8, 4) is 0 Å². The van der Waals surface area contributed by atoms with E-state index in [0.29, 0.717) is 37.3 Å². The fourth-order valence-electron chi connectivity index (χ4n) is 3.35. The molecule has 10 heteroatoms. The van der Waals surface area contributed by atoms with Crippen LogP contribution in [0.25, 0.3) is 0 Å². The van der Waals surface area contributed by atoms with Gasteiger partial charge in [-0.2, -0.15) is 4.31 Å². The minimum absolute atomic E-state index is 0.118. The van der Waals surface area contributed by atoms with Gasteiger partial charge < -0.3 is 4.90 Å². The van der Waals surface area contributed by atoms with Gasteiger partial charge in [-0.25, -0.2) is 16.8 Å². The Labute approximate surface area is 154 Å². The van der Waals surface area contributed by atoms with Crippen molar-refractivity contribution < 1.29 is 21.6 Å². The fourth-order valence-corrected chi connectivity index (χ4v) is 6.60. The Hall–Kier alpha value is -1.65. The molecule has 1 aromatic carbocycles. The van der Waals surface area contributed by atoms with Crippen molar-refractivity contribution in [2.24, 2.45) is 0 Å². The number of piperazine rings is 1. The van der Waals surface area contributed by atoms with Gasteiger partial charge in [-0.15, -0.1) is 0 Å². The summed E-state index contributed by atoms with van der Waals surface area (Å²) in [4.78, 5) is 12.5. The van der Waals surface area contributed by atoms with E-state index < -0.39 is 20.0 Å². The lowest BCUT2D eigenvalue weighted by Crippen LogP contribution is -2.48. The van der Waals surface area contributed by atoms with Gasteiger partial charge in [-0.3, -0.25) is 9.10 Å². The average molecular weight is 402 g/mol. The molecule has 1 aromatic rings. The van der Waals surface area contributed by atoms with Crippen LogP contribution in [0.4, 0.5) is 5.69 Å². The molecule has 0 saturated carbocycles. The van der Waals surface area contributed by atoms with Crippen LogP contribution in [-0.4, -0.2) is 70.9 Å². The maximum atomic E-state index is 12.9. The molecule has 0 bridgehead atoms. The Morgan fingerprint density at radius 1 is 1.04 bits per heavy atom. The predicted octanol–water partition coefficient (Wildman–Crippen LogP) is 0.388. The van der Waals surface area contributed by atoms with E-state index in [1.807, 2.05) is 0 Å². The van der Waals surface area contributed by atoms with E-state index in [4.69, 9.17) is 0 Å². The third-order valence-electron chi connectivity index (χ3n) is 4.84. The molecule has 0 atom stereocenters. The molecule has 2 saturated heterocycles. The number of carbonyl (C=O) groups excluding carboxylic acids is 1. The monoisotopic (exact) mass is 401 g/mol. The Morgan fingerprint density at radius 2 is 1.73 bits per heavy atom. The number of anilines is 1. The van der Waals surface area contributed by atoms with E-state index in [1.165, 1.54) is 14.7 Å². The lowest BCUT2D eigenvalue weighted by Gasteiger charge is -2.32. The first-order valence-corrected chi connectivity index (χ1v) is 11.6. The standard InChI is InChI=1S/C16H23N3O5S2/c1-14-12-15(19-6-2-3-11-25(19,21)22)4-5-16(14)26(23,24)18-9-7-17(13-20)8-10-18/h4-5,12-13H,2-3,6-11H2,1H3. The largest absolute Gasteiger partial charge is 0.343 e. The molecule has 0 aliphatic carbocycles. The highest BCUT2D eigenvalue weighted by Gasteiger charge is 2.31. The second-order valence-corrected chi connectivity index (χ2v) is 10.5. The van der Waals surface area contributed by atoms with Crippen LogP contribution in [0, 0.1) is 6.92 Å². The second kappa shape index (κ2) is 7.16. The van der Waals surface area contributed by atoms with E-state index >= 15 is 0 Å². The summed E-state index contributed by atoms with van der Waals surface area (Å²) >= 11 is 0. The fraction of sp³-hybridized carbons (Fsp3) is 0.562. The molecule has 1 amide bonds. The molecule has 26 heavy (non-hydrogen) atoms. The van der Waals surface area contributed by atoms with Crippen LogP contribution in [0.2, 0.25) is 0 Å². The van der Waals surface area contributed by atoms with Crippen molar-refractivity contribution in [2.45, 2.75) is 24.7 Å². The lowest BCUT2D eigenvalue weighted by atomic mass is 10.2. The molecule has 2 heterocycles. The summed E-state index contributed by atoms with van der Waals surface area (Å²) < 4.78 is 53.0. The Balaban J connectivity index is 1.86. The van der Waals surface area contributed by atoms with Gasteiger partial charge in [0.15, 0.2) is 0 Å². The molecule has 144 valence electrons. The van der Waals surface area contributed by atoms with Gasteiger partial charge in [0, 0.05) is 32.7 Å². The summed E-state index contributed by atoms with van der Waals surface area (Å²) in [6, 6.07) is 4.66. The topological polar surface area (TPSA) is 95.1 Å². The first kappa shape index (κ1) is 19.1. The van der Waals surface area contributed by atoms with Crippen LogP contribution in [0.3, 0.4) is 0 Å². The van der Waals surface area contributed by atoms with Crippen LogP contribution < -0.4 is 4.31 Å². The summed E-state index contributed by atoms with van der Waals surface area (Å²) in [5, 5.41) is 0. The Morgan fingerprint density at radius 3 is 2.31 bits per heavy atom. The number of aryl methyl sites for hydroxylation is 1. The van der Waals surface area contributed by atoms with Crippen molar-refractivity contribution in [1.29, 1.82) is 0 Å². The average Bonchev–Trinajstić information content (AvgIpc) is 2.61. The molecule has 0 spiro atoms. The van der Waals surface area contributed by atoms with Crippen molar-refractivity contribution in [1.82, 2.24) is 9.21 Å². The van der Waals surface area contributed by atoms with Gasteiger partial charge in [0.1, 0.15) is 0 Å². The smallest absolute Gasteiger partial charge is 0.243 e. The molecule has 3 rings (SSSR count). The Kier molecular flexibility index (Phi) is 5.27. The highest BCUT2D eigenvalue weighted by atomic mass is 32.2. The molecule has 2 aliphatic rings. The zero-order valence-corrected chi connectivity index (χ0v) is 16.3. The molecule has 8 nitrogen and oxygen atoms in total. The number of amides is 1. The molecular formula is C16H23N3O5S2. The van der Waals surface area contributed by atoms with Crippen molar-refractivity contribution in [3.05, 3.63) is 23.8 Å². The van der Waals surface area contributed by atoms with E-state index in [9.17, 15) is 21.6 Å². The minimum Gasteiger partial charge on any atom is -0.343 e. The number of hydrogen-bond acceptors (Lipinski definition) is 5. The maximum Gasteiger partial charge on any atom is 0.243 e. The number of rotatable bonds is 4. The summed E-state index contributed by atoms with van der Waals surface area (Å²) in [5.74, 6) is 0.118. The van der Waals surface area contributed by atoms with E-state index in [2.05, 4.69) is 0 Å². The first-order chi connectivity index (χ1) is 12.3. The molecule has 2 fully saturated rings. The van der Waals surface area contributed by atoms with E-state index in [-0.39, 0.29) is 23.7 Å². The number of carbonyl (C=O) groups is 1. The summed E-state index contributed by atoms with van der Waals surface area (Å²) in [5.41, 5.74) is 1.02. The van der Waals surface area contributed by atoms with Gasteiger partial charge in [0.25, 0.3) is 0 Å². The van der Waals surface area contributed by atoms with Crippen LogP contribution in [0.15, 0.2) is 23.1 Å². The summed E-state index contributed by atoms with van der Waals surface area (Å²) in [6.45, 7) is 3.33. The maximum absolute atomic E-state index is 12.9. The highest BCUT2D eigenvalue weighted by Crippen LogP contribution is 2.29. The van der Waals surface area contributed by atoms with Gasteiger partial charge >= 0.3 is 0 Å². The zero-order valence-electron chi connectivity index (χ0n) is 14.7. The highest BCUT2D eigenvalue weighted by molar-refractivity contribution is 7.92. The normalized spacial score (nSPS) is 21.6.